The smallest absolute Gasteiger partial charge is 0.256 e. The Bertz CT molecular complexity index is 983. The first kappa shape index (κ1) is 23.1. The number of rotatable bonds is 6. The maximum Gasteiger partial charge on any atom is 0.256 e. The molecule has 3 N–H and O–H groups in total. The second-order valence-electron chi connectivity index (χ2n) is 9.07. The number of likely N-dealkylation sites (tertiary alicyclic amines) is 1. The van der Waals surface area contributed by atoms with E-state index in [2.05, 4.69) is 10.6 Å². The monoisotopic (exact) mass is 435 g/mol. The number of hydrogen-bond donors (Lipinski definition) is 3. The van der Waals surface area contributed by atoms with E-state index >= 15 is 0 Å². The maximum absolute atomic E-state index is 14.6. The molecule has 0 saturated carbocycles. The van der Waals surface area contributed by atoms with Gasteiger partial charge in [-0.05, 0) is 57.0 Å². The highest BCUT2D eigenvalue weighted by atomic mass is 19.2. The van der Waals surface area contributed by atoms with Gasteiger partial charge in [-0.3, -0.25) is 4.79 Å². The molecule has 0 spiro atoms. The van der Waals surface area contributed by atoms with Crippen LogP contribution < -0.4 is 10.6 Å². The minimum atomic E-state index is -1.27. The van der Waals surface area contributed by atoms with Gasteiger partial charge in [-0.15, -0.1) is 0 Å². The molecule has 0 aliphatic carbocycles. The molecule has 31 heavy (non-hydrogen) atoms. The van der Waals surface area contributed by atoms with Crippen LogP contribution in [0.4, 0.5) is 24.5 Å². The molecule has 8 heteroatoms. The topological polar surface area (TPSA) is 64.6 Å². The molecule has 3 rings (SSSR count). The molecule has 2 aromatic carbocycles. The number of benzene rings is 2. The van der Waals surface area contributed by atoms with E-state index in [1.54, 1.807) is 6.07 Å². The van der Waals surface area contributed by atoms with Crippen LogP contribution in [-0.4, -0.2) is 46.7 Å². The van der Waals surface area contributed by atoms with Gasteiger partial charge in [-0.2, -0.15) is 0 Å². The van der Waals surface area contributed by atoms with E-state index in [-0.39, 0.29) is 36.4 Å². The molecule has 1 heterocycles. The average molecular weight is 435 g/mol. The Morgan fingerprint density at radius 1 is 1.13 bits per heavy atom. The molecular weight excluding hydrogens is 407 g/mol. The van der Waals surface area contributed by atoms with Gasteiger partial charge in [0, 0.05) is 12.1 Å². The van der Waals surface area contributed by atoms with Gasteiger partial charge in [-0.25, -0.2) is 13.2 Å². The van der Waals surface area contributed by atoms with Crippen molar-refractivity contribution in [2.45, 2.75) is 45.3 Å². The molecule has 0 radical (unpaired) electrons. The summed E-state index contributed by atoms with van der Waals surface area (Å²) >= 11 is 0. The Morgan fingerprint density at radius 2 is 1.81 bits per heavy atom. The molecule has 1 aliphatic rings. The SMILES string of the molecule is CCc1ccc(Nc2c(C(=O)N3CC(O)(CNC(C)(C)C)C3)ccc(F)c2F)c(F)c1. The van der Waals surface area contributed by atoms with E-state index in [0.29, 0.717) is 6.42 Å². The van der Waals surface area contributed by atoms with Gasteiger partial charge in [0.1, 0.15) is 11.4 Å². The highest BCUT2D eigenvalue weighted by Gasteiger charge is 2.44. The molecule has 1 saturated heterocycles. The summed E-state index contributed by atoms with van der Waals surface area (Å²) in [4.78, 5) is 14.3. The zero-order valence-electron chi connectivity index (χ0n) is 18.2. The third kappa shape index (κ3) is 5.19. The van der Waals surface area contributed by atoms with E-state index in [1.165, 1.54) is 17.0 Å². The van der Waals surface area contributed by atoms with Gasteiger partial charge in [-0.1, -0.05) is 13.0 Å². The van der Waals surface area contributed by atoms with E-state index in [0.717, 1.165) is 17.7 Å². The van der Waals surface area contributed by atoms with Crippen LogP contribution in [0.15, 0.2) is 30.3 Å². The van der Waals surface area contributed by atoms with Crippen LogP contribution >= 0.6 is 0 Å². The normalized spacial score (nSPS) is 15.5. The number of carbonyl (C=O) groups is 1. The number of aryl methyl sites for hydroxylation is 1. The fourth-order valence-electron chi connectivity index (χ4n) is 3.39. The van der Waals surface area contributed by atoms with Crippen LogP contribution in [0.1, 0.15) is 43.6 Å². The van der Waals surface area contributed by atoms with Gasteiger partial charge < -0.3 is 20.6 Å². The number of amides is 1. The molecule has 0 aromatic heterocycles. The molecule has 168 valence electrons. The summed E-state index contributed by atoms with van der Waals surface area (Å²) in [5.41, 5.74) is -1.18. The number of halogens is 3. The molecule has 0 atom stereocenters. The van der Waals surface area contributed by atoms with Gasteiger partial charge in [0.2, 0.25) is 0 Å². The molecule has 1 amide bonds. The predicted molar refractivity (Wildman–Crippen MR) is 114 cm³/mol. The molecular formula is C23H28F3N3O2. The van der Waals surface area contributed by atoms with E-state index < -0.39 is 34.6 Å². The van der Waals surface area contributed by atoms with Crippen molar-refractivity contribution in [1.29, 1.82) is 0 Å². The Balaban J connectivity index is 1.81. The van der Waals surface area contributed by atoms with Crippen LogP contribution in [0.3, 0.4) is 0 Å². The Morgan fingerprint density at radius 3 is 2.39 bits per heavy atom. The third-order valence-corrected chi connectivity index (χ3v) is 5.23. The molecule has 1 aliphatic heterocycles. The highest BCUT2D eigenvalue weighted by molar-refractivity contribution is 6.01. The lowest BCUT2D eigenvalue weighted by Crippen LogP contribution is -2.68. The number of nitrogens with zero attached hydrogens (tertiary/aromatic N) is 1. The third-order valence-electron chi connectivity index (χ3n) is 5.23. The lowest BCUT2D eigenvalue weighted by Gasteiger charge is -2.47. The van der Waals surface area contributed by atoms with Crippen LogP contribution in [0.2, 0.25) is 0 Å². The first-order valence-electron chi connectivity index (χ1n) is 10.2. The van der Waals surface area contributed by atoms with Crippen molar-refractivity contribution in [2.75, 3.05) is 25.0 Å². The van der Waals surface area contributed by atoms with Gasteiger partial charge in [0.05, 0.1) is 30.0 Å². The summed E-state index contributed by atoms with van der Waals surface area (Å²) in [5.74, 6) is -3.63. The molecule has 2 aromatic rings. The molecule has 1 fully saturated rings. The van der Waals surface area contributed by atoms with Crippen molar-refractivity contribution in [1.82, 2.24) is 10.2 Å². The first-order valence-corrected chi connectivity index (χ1v) is 10.2. The van der Waals surface area contributed by atoms with Gasteiger partial charge in [0.25, 0.3) is 5.91 Å². The number of anilines is 2. The maximum atomic E-state index is 14.6. The first-order chi connectivity index (χ1) is 14.4. The van der Waals surface area contributed by atoms with Crippen molar-refractivity contribution < 1.29 is 23.1 Å². The standard InChI is InChI=1S/C23H28F3N3O2/c1-5-14-6-9-18(17(25)10-14)28-20-15(7-8-16(24)19(20)26)21(30)29-12-23(31,13-29)11-27-22(2,3)4/h6-10,27-28,31H,5,11-13H2,1-4H3. The Labute approximate surface area is 180 Å². The second-order valence-corrected chi connectivity index (χ2v) is 9.07. The van der Waals surface area contributed by atoms with E-state index in [1.807, 2.05) is 27.7 Å². The number of nitrogens with one attached hydrogen (secondary N) is 2. The fourth-order valence-corrected chi connectivity index (χ4v) is 3.39. The summed E-state index contributed by atoms with van der Waals surface area (Å²) in [6.07, 6.45) is 0.622. The van der Waals surface area contributed by atoms with Gasteiger partial charge in [0.15, 0.2) is 11.6 Å². The summed E-state index contributed by atoms with van der Waals surface area (Å²) in [6.45, 7) is 8.14. The lowest BCUT2D eigenvalue weighted by molar-refractivity contribution is -0.0811. The lowest BCUT2D eigenvalue weighted by atomic mass is 9.91. The molecule has 0 bridgehead atoms. The molecule has 5 nitrogen and oxygen atoms in total. The number of aliphatic hydroxyl groups is 1. The summed E-state index contributed by atoms with van der Waals surface area (Å²) in [7, 11) is 0. The minimum Gasteiger partial charge on any atom is -0.385 e. The highest BCUT2D eigenvalue weighted by Crippen LogP contribution is 2.31. The Hall–Kier alpha value is -2.58. The second kappa shape index (κ2) is 8.51. The van der Waals surface area contributed by atoms with Gasteiger partial charge >= 0.3 is 0 Å². The van der Waals surface area contributed by atoms with E-state index in [9.17, 15) is 23.1 Å². The van der Waals surface area contributed by atoms with Crippen molar-refractivity contribution >= 4 is 17.3 Å². The van der Waals surface area contributed by atoms with Crippen LogP contribution in [0.5, 0.6) is 0 Å². The van der Waals surface area contributed by atoms with Crippen LogP contribution in [0.25, 0.3) is 0 Å². The zero-order valence-corrected chi connectivity index (χ0v) is 18.2. The van der Waals surface area contributed by atoms with Crippen LogP contribution in [0, 0.1) is 17.5 Å². The molecule has 0 unspecified atom stereocenters. The summed E-state index contributed by atoms with van der Waals surface area (Å²) < 4.78 is 42.9. The average Bonchev–Trinajstić information content (AvgIpc) is 2.68. The van der Waals surface area contributed by atoms with Crippen LogP contribution in [-0.2, 0) is 6.42 Å². The predicted octanol–water partition coefficient (Wildman–Crippen LogP) is 3.98. The minimum absolute atomic E-state index is 0.0485. The summed E-state index contributed by atoms with van der Waals surface area (Å²) in [5, 5.41) is 16.3. The Kier molecular flexibility index (Phi) is 6.34. The van der Waals surface area contributed by atoms with Crippen molar-refractivity contribution in [3.63, 3.8) is 0 Å². The number of β-amino-alcohol motifs (C(OH)–C–C–N with tert-alkyl or cyclic N) is 1. The summed E-state index contributed by atoms with van der Waals surface area (Å²) in [6, 6.07) is 6.41. The zero-order chi connectivity index (χ0) is 23.0. The quantitative estimate of drug-likeness (QED) is 0.642. The van der Waals surface area contributed by atoms with Crippen molar-refractivity contribution in [3.8, 4) is 0 Å². The fraction of sp³-hybridized carbons (Fsp3) is 0.435. The number of carbonyl (C=O) groups excluding carboxylic acids is 1. The number of hydrogen-bond acceptors (Lipinski definition) is 4. The largest absolute Gasteiger partial charge is 0.385 e. The van der Waals surface area contributed by atoms with Crippen molar-refractivity contribution in [2.24, 2.45) is 0 Å². The van der Waals surface area contributed by atoms with E-state index in [4.69, 9.17) is 0 Å². The van der Waals surface area contributed by atoms with Crippen molar-refractivity contribution in [3.05, 3.63) is 58.9 Å².